The maximum absolute atomic E-state index is 5.61. The average molecular weight is 144 g/mol. The highest BCUT2D eigenvalue weighted by molar-refractivity contribution is 4.55. The quantitative estimate of drug-likeness (QED) is 0.586. The van der Waals surface area contributed by atoms with Crippen LogP contribution >= 0.6 is 0 Å². The zero-order chi connectivity index (χ0) is 7.23. The van der Waals surface area contributed by atoms with E-state index in [-0.39, 0.29) is 0 Å². The van der Waals surface area contributed by atoms with Crippen LogP contribution in [-0.2, 0) is 4.74 Å². The molecule has 1 aliphatic heterocycles. The normalized spacial score (nSPS) is 27.9. The van der Waals surface area contributed by atoms with Gasteiger partial charge < -0.3 is 10.1 Å². The monoisotopic (exact) mass is 144 g/mol. The maximum Gasteiger partial charge on any atom is 0.106 e. The molecule has 1 unspecified atom stereocenters. The van der Waals surface area contributed by atoms with E-state index in [0.717, 1.165) is 6.61 Å². The van der Waals surface area contributed by atoms with Crippen LogP contribution in [-0.4, -0.2) is 25.8 Å². The van der Waals surface area contributed by atoms with E-state index in [2.05, 4.69) is 12.2 Å². The highest BCUT2D eigenvalue weighted by atomic mass is 16.5. The van der Waals surface area contributed by atoms with Gasteiger partial charge in [-0.1, -0.05) is 13.3 Å². The fraction of sp³-hybridized carbons (Fsp3) is 1.00. The molecule has 1 rings (SSSR count). The van der Waals surface area contributed by atoms with Crippen LogP contribution in [0, 0.1) is 0 Å². The van der Waals surface area contributed by atoms with Crippen molar-refractivity contribution < 1.29 is 10.1 Å². The molecule has 0 aromatic heterocycles. The van der Waals surface area contributed by atoms with E-state index in [1.54, 1.807) is 0 Å². The molecule has 10 heavy (non-hydrogen) atoms. The first kappa shape index (κ1) is 8.02. The van der Waals surface area contributed by atoms with E-state index in [4.69, 9.17) is 4.74 Å². The van der Waals surface area contributed by atoms with E-state index in [0.29, 0.717) is 6.10 Å². The lowest BCUT2D eigenvalue weighted by molar-refractivity contribution is -0.656. The summed E-state index contributed by atoms with van der Waals surface area (Å²) >= 11 is 0. The minimum absolute atomic E-state index is 0.535. The topological polar surface area (TPSA) is 25.8 Å². The first-order valence-corrected chi connectivity index (χ1v) is 4.36. The Morgan fingerprint density at radius 1 is 1.60 bits per heavy atom. The van der Waals surface area contributed by atoms with Crippen molar-refractivity contribution >= 4 is 0 Å². The minimum Gasteiger partial charge on any atom is -0.372 e. The second kappa shape index (κ2) is 4.69. The van der Waals surface area contributed by atoms with Gasteiger partial charge in [0.1, 0.15) is 12.6 Å². The summed E-state index contributed by atoms with van der Waals surface area (Å²) in [6.45, 7) is 5.61. The summed E-state index contributed by atoms with van der Waals surface area (Å²) in [4.78, 5) is 0. The molecule has 2 N–H and O–H groups in total. The SMILES string of the molecule is CCCC1C[NH2+]CCCO1. The molecule has 1 heterocycles. The summed E-state index contributed by atoms with van der Waals surface area (Å²) in [5.41, 5.74) is 0. The van der Waals surface area contributed by atoms with Crippen LogP contribution < -0.4 is 5.32 Å². The number of ether oxygens (including phenoxy) is 1. The van der Waals surface area contributed by atoms with Gasteiger partial charge in [0, 0.05) is 6.42 Å². The summed E-state index contributed by atoms with van der Waals surface area (Å²) in [7, 11) is 0. The largest absolute Gasteiger partial charge is 0.372 e. The number of nitrogens with two attached hydrogens (primary N) is 1. The number of quaternary nitrogens is 1. The van der Waals surface area contributed by atoms with Crippen LogP contribution in [0.2, 0.25) is 0 Å². The van der Waals surface area contributed by atoms with Crippen molar-refractivity contribution in [2.45, 2.75) is 32.3 Å². The molecule has 2 nitrogen and oxygen atoms in total. The van der Waals surface area contributed by atoms with E-state index < -0.39 is 0 Å². The van der Waals surface area contributed by atoms with Crippen LogP contribution in [0.4, 0.5) is 0 Å². The van der Waals surface area contributed by atoms with Gasteiger partial charge in [-0.15, -0.1) is 0 Å². The van der Waals surface area contributed by atoms with Gasteiger partial charge in [0.25, 0.3) is 0 Å². The van der Waals surface area contributed by atoms with E-state index >= 15 is 0 Å². The van der Waals surface area contributed by atoms with E-state index in [9.17, 15) is 0 Å². The Morgan fingerprint density at radius 2 is 2.50 bits per heavy atom. The van der Waals surface area contributed by atoms with E-state index in [1.807, 2.05) is 0 Å². The highest BCUT2D eigenvalue weighted by Gasteiger charge is 2.12. The molecular weight excluding hydrogens is 126 g/mol. The molecule has 0 aromatic carbocycles. The third kappa shape index (κ3) is 2.67. The average Bonchev–Trinajstić information content (AvgIpc) is 2.17. The van der Waals surface area contributed by atoms with Crippen LogP contribution in [0.25, 0.3) is 0 Å². The molecule has 1 saturated heterocycles. The molecule has 0 radical (unpaired) electrons. The maximum atomic E-state index is 5.61. The predicted molar refractivity (Wildman–Crippen MR) is 40.9 cm³/mol. The zero-order valence-electron chi connectivity index (χ0n) is 6.81. The van der Waals surface area contributed by atoms with Crippen molar-refractivity contribution in [3.8, 4) is 0 Å². The van der Waals surface area contributed by atoms with Crippen LogP contribution in [0.3, 0.4) is 0 Å². The Balaban J connectivity index is 2.15. The van der Waals surface area contributed by atoms with Gasteiger partial charge in [-0.3, -0.25) is 0 Å². The highest BCUT2D eigenvalue weighted by Crippen LogP contribution is 2.01. The summed E-state index contributed by atoms with van der Waals surface area (Å²) in [6, 6.07) is 0. The van der Waals surface area contributed by atoms with Crippen LogP contribution in [0.15, 0.2) is 0 Å². The Hall–Kier alpha value is -0.0800. The second-order valence-electron chi connectivity index (χ2n) is 2.95. The predicted octanol–water partition coefficient (Wildman–Crippen LogP) is 0.139. The Kier molecular flexibility index (Phi) is 3.76. The molecule has 0 saturated carbocycles. The lowest BCUT2D eigenvalue weighted by atomic mass is 10.2. The molecule has 0 bridgehead atoms. The summed E-state index contributed by atoms with van der Waals surface area (Å²) < 4.78 is 5.61. The minimum atomic E-state index is 0.535. The zero-order valence-corrected chi connectivity index (χ0v) is 6.81. The Bertz CT molecular complexity index is 77.3. The molecule has 1 aliphatic rings. The molecule has 0 aromatic rings. The summed E-state index contributed by atoms with van der Waals surface area (Å²) in [5, 5.41) is 2.37. The van der Waals surface area contributed by atoms with Gasteiger partial charge in [-0.25, -0.2) is 0 Å². The Morgan fingerprint density at radius 3 is 3.30 bits per heavy atom. The standard InChI is InChI=1S/C8H17NO/c1-2-4-8-7-9-5-3-6-10-8/h8-9H,2-7H2,1H3/p+1. The van der Waals surface area contributed by atoms with Crippen molar-refractivity contribution in [1.29, 1.82) is 0 Å². The molecule has 2 heteroatoms. The number of rotatable bonds is 2. The third-order valence-corrected chi connectivity index (χ3v) is 1.95. The van der Waals surface area contributed by atoms with E-state index in [1.165, 1.54) is 32.4 Å². The van der Waals surface area contributed by atoms with Gasteiger partial charge in [0.2, 0.25) is 0 Å². The first-order chi connectivity index (χ1) is 4.93. The molecule has 60 valence electrons. The molecular formula is C8H18NO+. The molecule has 0 spiro atoms. The van der Waals surface area contributed by atoms with Gasteiger partial charge in [-0.2, -0.15) is 0 Å². The van der Waals surface area contributed by atoms with Gasteiger partial charge in [0.05, 0.1) is 13.2 Å². The van der Waals surface area contributed by atoms with Crippen molar-refractivity contribution in [1.82, 2.24) is 0 Å². The third-order valence-electron chi connectivity index (χ3n) is 1.95. The van der Waals surface area contributed by atoms with Crippen molar-refractivity contribution in [3.05, 3.63) is 0 Å². The fourth-order valence-corrected chi connectivity index (χ4v) is 1.37. The van der Waals surface area contributed by atoms with Gasteiger partial charge >= 0.3 is 0 Å². The van der Waals surface area contributed by atoms with Crippen molar-refractivity contribution in [3.63, 3.8) is 0 Å². The second-order valence-corrected chi connectivity index (χ2v) is 2.95. The molecule has 1 atom stereocenters. The molecule has 0 aliphatic carbocycles. The molecule has 0 amide bonds. The number of hydrogen-bond acceptors (Lipinski definition) is 1. The fourth-order valence-electron chi connectivity index (χ4n) is 1.37. The van der Waals surface area contributed by atoms with Gasteiger partial charge in [-0.05, 0) is 6.42 Å². The molecule has 1 fully saturated rings. The summed E-state index contributed by atoms with van der Waals surface area (Å²) in [5.74, 6) is 0. The lowest BCUT2D eigenvalue weighted by Gasteiger charge is -2.10. The Labute approximate surface area is 63.0 Å². The van der Waals surface area contributed by atoms with Gasteiger partial charge in [0.15, 0.2) is 0 Å². The van der Waals surface area contributed by atoms with Crippen molar-refractivity contribution in [2.24, 2.45) is 0 Å². The first-order valence-electron chi connectivity index (χ1n) is 4.36. The lowest BCUT2D eigenvalue weighted by Crippen LogP contribution is -2.85. The van der Waals surface area contributed by atoms with Crippen molar-refractivity contribution in [2.75, 3.05) is 19.7 Å². The van der Waals surface area contributed by atoms with Crippen LogP contribution in [0.1, 0.15) is 26.2 Å². The summed E-state index contributed by atoms with van der Waals surface area (Å²) in [6.07, 6.45) is 4.24. The van der Waals surface area contributed by atoms with Crippen LogP contribution in [0.5, 0.6) is 0 Å². The number of hydrogen-bond donors (Lipinski definition) is 1. The smallest absolute Gasteiger partial charge is 0.106 e.